The molecule has 0 bridgehead atoms. The lowest BCUT2D eigenvalue weighted by atomic mass is 10.1. The maximum atomic E-state index is 8.86. The van der Waals surface area contributed by atoms with Crippen molar-refractivity contribution in [2.24, 2.45) is 0 Å². The maximum absolute atomic E-state index is 8.86. The molecule has 0 aliphatic heterocycles. The molecule has 0 unspecified atom stereocenters. The van der Waals surface area contributed by atoms with Gasteiger partial charge in [0.2, 0.25) is 0 Å². The number of aromatic amines is 1. The summed E-state index contributed by atoms with van der Waals surface area (Å²) in [5.41, 5.74) is 4.51. The highest BCUT2D eigenvalue weighted by atomic mass is 15.3. The molecule has 0 saturated carbocycles. The van der Waals surface area contributed by atoms with Gasteiger partial charge in [0.1, 0.15) is 5.65 Å². The first-order valence-corrected chi connectivity index (χ1v) is 6.83. The van der Waals surface area contributed by atoms with Gasteiger partial charge in [0.15, 0.2) is 0 Å². The second kappa shape index (κ2) is 4.86. The van der Waals surface area contributed by atoms with Gasteiger partial charge in [0.25, 0.3) is 0 Å². The van der Waals surface area contributed by atoms with Gasteiger partial charge in [-0.05, 0) is 29.8 Å². The molecule has 0 radical (unpaired) electrons. The minimum absolute atomic E-state index is 0.652. The van der Waals surface area contributed by atoms with Gasteiger partial charge in [-0.1, -0.05) is 12.1 Å². The maximum Gasteiger partial charge on any atom is 0.139 e. The molecule has 104 valence electrons. The van der Waals surface area contributed by atoms with Crippen LogP contribution >= 0.6 is 0 Å². The molecule has 0 aliphatic carbocycles. The monoisotopic (exact) mass is 285 g/mol. The summed E-state index contributed by atoms with van der Waals surface area (Å²) in [5.74, 6) is 0. The minimum atomic E-state index is 0.652. The van der Waals surface area contributed by atoms with Crippen molar-refractivity contribution < 1.29 is 0 Å². The van der Waals surface area contributed by atoms with Crippen LogP contribution in [0.15, 0.2) is 61.2 Å². The van der Waals surface area contributed by atoms with E-state index >= 15 is 0 Å². The average molecular weight is 285 g/mol. The summed E-state index contributed by atoms with van der Waals surface area (Å²) >= 11 is 0. The predicted molar refractivity (Wildman–Crippen MR) is 83.4 cm³/mol. The summed E-state index contributed by atoms with van der Waals surface area (Å²) in [6.45, 7) is 0. The number of nitriles is 1. The van der Waals surface area contributed by atoms with Crippen LogP contribution in [-0.4, -0.2) is 19.7 Å². The van der Waals surface area contributed by atoms with Crippen molar-refractivity contribution in [3.8, 4) is 22.9 Å². The van der Waals surface area contributed by atoms with Crippen molar-refractivity contribution in [1.82, 2.24) is 19.7 Å². The Morgan fingerprint density at radius 1 is 1.05 bits per heavy atom. The number of nitrogens with zero attached hydrogens (tertiary/aromatic N) is 4. The highest BCUT2D eigenvalue weighted by molar-refractivity contribution is 5.84. The van der Waals surface area contributed by atoms with E-state index in [9.17, 15) is 0 Å². The zero-order valence-corrected chi connectivity index (χ0v) is 11.6. The highest BCUT2D eigenvalue weighted by Crippen LogP contribution is 2.23. The molecule has 1 aromatic carbocycles. The molecule has 0 fully saturated rings. The van der Waals surface area contributed by atoms with Crippen molar-refractivity contribution in [3.63, 3.8) is 0 Å². The van der Waals surface area contributed by atoms with E-state index in [0.717, 1.165) is 27.8 Å². The Hall–Kier alpha value is -3.39. The van der Waals surface area contributed by atoms with Crippen LogP contribution in [-0.2, 0) is 0 Å². The molecular formula is C17H11N5. The fraction of sp³-hybridized carbons (Fsp3) is 0. The van der Waals surface area contributed by atoms with Crippen LogP contribution in [0.4, 0.5) is 0 Å². The molecule has 4 rings (SSSR count). The third-order valence-electron chi connectivity index (χ3n) is 3.61. The lowest BCUT2D eigenvalue weighted by Crippen LogP contribution is -1.95. The van der Waals surface area contributed by atoms with E-state index in [-0.39, 0.29) is 0 Å². The van der Waals surface area contributed by atoms with E-state index in [1.54, 1.807) is 6.20 Å². The second-order valence-corrected chi connectivity index (χ2v) is 4.93. The Labute approximate surface area is 126 Å². The number of H-pyrrole nitrogens is 1. The molecular weight excluding hydrogens is 274 g/mol. The van der Waals surface area contributed by atoms with Crippen LogP contribution < -0.4 is 0 Å². The number of fused-ring (bicyclic) bond motifs is 1. The molecule has 0 spiro atoms. The third kappa shape index (κ3) is 1.95. The Balaban J connectivity index is 1.78. The molecule has 3 aromatic heterocycles. The lowest BCUT2D eigenvalue weighted by molar-refractivity contribution is 0.886. The van der Waals surface area contributed by atoms with Gasteiger partial charge < -0.3 is 4.98 Å². The van der Waals surface area contributed by atoms with E-state index in [4.69, 9.17) is 5.26 Å². The number of benzene rings is 1. The van der Waals surface area contributed by atoms with Gasteiger partial charge in [-0.15, -0.1) is 0 Å². The summed E-state index contributed by atoms with van der Waals surface area (Å²) < 4.78 is 1.84. The number of hydrogen-bond donors (Lipinski definition) is 1. The van der Waals surface area contributed by atoms with E-state index in [1.165, 1.54) is 0 Å². The molecule has 4 aromatic rings. The number of nitrogens with one attached hydrogen (secondary N) is 1. The van der Waals surface area contributed by atoms with Gasteiger partial charge in [-0.25, -0.2) is 9.67 Å². The van der Waals surface area contributed by atoms with Crippen LogP contribution in [0.5, 0.6) is 0 Å². The van der Waals surface area contributed by atoms with Gasteiger partial charge in [0, 0.05) is 29.5 Å². The van der Waals surface area contributed by atoms with Crippen LogP contribution in [0.2, 0.25) is 0 Å². The van der Waals surface area contributed by atoms with E-state index in [0.29, 0.717) is 5.56 Å². The highest BCUT2D eigenvalue weighted by Gasteiger charge is 2.08. The first-order chi connectivity index (χ1) is 10.8. The van der Waals surface area contributed by atoms with Crippen LogP contribution in [0.25, 0.3) is 27.8 Å². The summed E-state index contributed by atoms with van der Waals surface area (Å²) in [6.07, 6.45) is 7.42. The Bertz CT molecular complexity index is 986. The van der Waals surface area contributed by atoms with Crippen LogP contribution in [0.3, 0.4) is 0 Å². The van der Waals surface area contributed by atoms with Gasteiger partial charge in [-0.3, -0.25) is 0 Å². The third-order valence-corrected chi connectivity index (χ3v) is 3.61. The second-order valence-electron chi connectivity index (χ2n) is 4.93. The molecule has 3 heterocycles. The van der Waals surface area contributed by atoms with E-state index in [2.05, 4.69) is 21.1 Å². The number of rotatable bonds is 2. The molecule has 0 amide bonds. The number of hydrogen-bond acceptors (Lipinski definition) is 3. The average Bonchev–Trinajstić information content (AvgIpc) is 3.24. The summed E-state index contributed by atoms with van der Waals surface area (Å²) in [7, 11) is 0. The molecule has 0 aliphatic rings. The Kier molecular flexibility index (Phi) is 2.73. The van der Waals surface area contributed by atoms with Crippen LogP contribution in [0, 0.1) is 11.3 Å². The zero-order valence-electron chi connectivity index (χ0n) is 11.6. The predicted octanol–water partition coefficient (Wildman–Crippen LogP) is 3.29. The van der Waals surface area contributed by atoms with Gasteiger partial charge in [-0.2, -0.15) is 10.4 Å². The van der Waals surface area contributed by atoms with Gasteiger partial charge >= 0.3 is 0 Å². The van der Waals surface area contributed by atoms with E-state index in [1.807, 2.05) is 59.7 Å². The fourth-order valence-electron chi connectivity index (χ4n) is 2.49. The minimum Gasteiger partial charge on any atom is -0.346 e. The smallest absolute Gasteiger partial charge is 0.139 e. The molecule has 5 heteroatoms. The molecule has 22 heavy (non-hydrogen) atoms. The van der Waals surface area contributed by atoms with E-state index < -0.39 is 0 Å². The molecule has 5 nitrogen and oxygen atoms in total. The number of aromatic nitrogens is 4. The standard InChI is InChI=1S/C17H11N5/c18-9-12-1-3-13(4-2-12)14-10-21-22(11-14)16-6-8-20-17-15(16)5-7-19-17/h1-8,10-11H,(H,19,20). The summed E-state index contributed by atoms with van der Waals surface area (Å²) in [6, 6.07) is 13.5. The molecule has 1 N–H and O–H groups in total. The number of pyridine rings is 1. The van der Waals surface area contributed by atoms with Crippen molar-refractivity contribution >= 4 is 11.0 Å². The van der Waals surface area contributed by atoms with Crippen LogP contribution in [0.1, 0.15) is 5.56 Å². The first-order valence-electron chi connectivity index (χ1n) is 6.83. The molecule has 0 saturated heterocycles. The first kappa shape index (κ1) is 12.4. The SMILES string of the molecule is N#Cc1ccc(-c2cnn(-c3ccnc4[nH]ccc34)c2)cc1. The van der Waals surface area contributed by atoms with Gasteiger partial charge in [0.05, 0.1) is 23.5 Å². The quantitative estimate of drug-likeness (QED) is 0.614. The summed E-state index contributed by atoms with van der Waals surface area (Å²) in [4.78, 5) is 7.38. The molecule has 0 atom stereocenters. The topological polar surface area (TPSA) is 70.3 Å². The fourth-order valence-corrected chi connectivity index (χ4v) is 2.49. The normalized spacial score (nSPS) is 10.7. The Morgan fingerprint density at radius 2 is 1.91 bits per heavy atom. The van der Waals surface area contributed by atoms with Crippen molar-refractivity contribution in [1.29, 1.82) is 5.26 Å². The largest absolute Gasteiger partial charge is 0.346 e. The lowest BCUT2D eigenvalue weighted by Gasteiger charge is -2.02. The zero-order chi connectivity index (χ0) is 14.9. The van der Waals surface area contributed by atoms with Crippen molar-refractivity contribution in [2.45, 2.75) is 0 Å². The van der Waals surface area contributed by atoms with Crippen molar-refractivity contribution in [2.75, 3.05) is 0 Å². The summed E-state index contributed by atoms with van der Waals surface area (Å²) in [5, 5.41) is 14.3. The van der Waals surface area contributed by atoms with Crippen molar-refractivity contribution in [3.05, 3.63) is 66.7 Å². The Morgan fingerprint density at radius 3 is 2.73 bits per heavy atom.